The molecule has 19 heavy (non-hydrogen) atoms. The van der Waals surface area contributed by atoms with E-state index in [1.165, 1.54) is 22.3 Å². The number of ether oxygens (including phenoxy) is 1. The van der Waals surface area contributed by atoms with Crippen molar-refractivity contribution < 1.29 is 4.74 Å². The number of fused-ring (bicyclic) bond motifs is 3. The van der Waals surface area contributed by atoms with Crippen LogP contribution >= 0.6 is 0 Å². The van der Waals surface area contributed by atoms with Crippen molar-refractivity contribution in [3.63, 3.8) is 0 Å². The van der Waals surface area contributed by atoms with Gasteiger partial charge in [-0.3, -0.25) is 0 Å². The summed E-state index contributed by atoms with van der Waals surface area (Å²) in [5.74, 6) is 1.65. The molecule has 0 bridgehead atoms. The smallest absolute Gasteiger partial charge is 0.127 e. The van der Waals surface area contributed by atoms with Gasteiger partial charge in [-0.1, -0.05) is 56.7 Å². The average molecular weight is 252 g/mol. The monoisotopic (exact) mass is 252 g/mol. The molecule has 0 heterocycles. The Balaban J connectivity index is 1.95. The highest BCUT2D eigenvalue weighted by molar-refractivity contribution is 5.81. The second kappa shape index (κ2) is 5.08. The summed E-state index contributed by atoms with van der Waals surface area (Å²) in [6.45, 7) is 5.24. The maximum absolute atomic E-state index is 6.06. The largest absolute Gasteiger partial charge is 0.493 e. The van der Waals surface area contributed by atoms with E-state index >= 15 is 0 Å². The third kappa shape index (κ3) is 2.25. The minimum Gasteiger partial charge on any atom is -0.493 e. The zero-order chi connectivity index (χ0) is 13.2. The lowest BCUT2D eigenvalue weighted by Gasteiger charge is -2.14. The maximum atomic E-state index is 6.06. The molecular formula is C18H20O. The van der Waals surface area contributed by atoms with Crippen molar-refractivity contribution >= 4 is 0 Å². The Labute approximate surface area is 115 Å². The predicted octanol–water partition coefficient (Wildman–Crippen LogP) is 4.68. The quantitative estimate of drug-likeness (QED) is 0.655. The van der Waals surface area contributed by atoms with Crippen LogP contribution in [0.5, 0.6) is 5.75 Å². The van der Waals surface area contributed by atoms with Crippen molar-refractivity contribution in [2.24, 2.45) is 5.92 Å². The van der Waals surface area contributed by atoms with E-state index in [1.54, 1.807) is 0 Å². The summed E-state index contributed by atoms with van der Waals surface area (Å²) >= 11 is 0. The fourth-order valence-corrected chi connectivity index (χ4v) is 2.62. The Morgan fingerprint density at radius 2 is 1.84 bits per heavy atom. The second-order valence-corrected chi connectivity index (χ2v) is 5.45. The zero-order valence-electron chi connectivity index (χ0n) is 11.6. The van der Waals surface area contributed by atoms with Crippen LogP contribution in [0.1, 0.15) is 31.4 Å². The van der Waals surface area contributed by atoms with Gasteiger partial charge in [0.15, 0.2) is 0 Å². The molecule has 0 amide bonds. The summed E-state index contributed by atoms with van der Waals surface area (Å²) in [7, 11) is 0. The first kappa shape index (κ1) is 12.3. The summed E-state index contributed by atoms with van der Waals surface area (Å²) in [5.41, 5.74) is 5.46. The molecule has 98 valence electrons. The molecule has 1 unspecified atom stereocenters. The second-order valence-electron chi connectivity index (χ2n) is 5.45. The van der Waals surface area contributed by atoms with E-state index < -0.39 is 0 Å². The Bertz CT molecular complexity index is 586. The molecule has 0 N–H and O–H groups in total. The molecule has 0 aromatic heterocycles. The highest BCUT2D eigenvalue weighted by Gasteiger charge is 2.21. The number of rotatable bonds is 4. The molecule has 0 fully saturated rings. The van der Waals surface area contributed by atoms with Gasteiger partial charge in [0.25, 0.3) is 0 Å². The highest BCUT2D eigenvalue weighted by atomic mass is 16.5. The fraction of sp³-hybridized carbons (Fsp3) is 0.333. The molecule has 0 aliphatic heterocycles. The van der Waals surface area contributed by atoms with Crippen molar-refractivity contribution in [1.82, 2.24) is 0 Å². The van der Waals surface area contributed by atoms with E-state index in [0.29, 0.717) is 5.92 Å². The van der Waals surface area contributed by atoms with Crippen LogP contribution in [-0.2, 0) is 6.42 Å². The molecule has 3 rings (SSSR count). The van der Waals surface area contributed by atoms with Crippen molar-refractivity contribution in [3.8, 4) is 16.9 Å². The van der Waals surface area contributed by atoms with Crippen LogP contribution in [-0.4, -0.2) is 6.61 Å². The standard InChI is InChI=1S/C18H20O/c1-3-13(2)12-19-17-10-6-8-15-11-14-7-4-5-9-16(14)18(15)17/h4-10,13H,3,11-12H2,1-2H3. The Hall–Kier alpha value is -1.76. The summed E-state index contributed by atoms with van der Waals surface area (Å²) in [5, 5.41) is 0. The number of benzene rings is 2. The molecule has 1 atom stereocenters. The third-order valence-corrected chi connectivity index (χ3v) is 4.00. The average Bonchev–Trinajstić information content (AvgIpc) is 2.83. The molecule has 1 heteroatoms. The van der Waals surface area contributed by atoms with Gasteiger partial charge in [-0.05, 0) is 35.1 Å². The van der Waals surface area contributed by atoms with Crippen molar-refractivity contribution in [2.75, 3.05) is 6.61 Å². The minimum atomic E-state index is 0.604. The molecule has 1 aliphatic carbocycles. The normalized spacial score (nSPS) is 13.8. The van der Waals surface area contributed by atoms with E-state index in [0.717, 1.165) is 25.2 Å². The van der Waals surface area contributed by atoms with E-state index in [2.05, 4.69) is 56.3 Å². The van der Waals surface area contributed by atoms with Gasteiger partial charge in [-0.25, -0.2) is 0 Å². The molecule has 2 aromatic carbocycles. The van der Waals surface area contributed by atoms with Gasteiger partial charge in [-0.2, -0.15) is 0 Å². The number of hydrogen-bond donors (Lipinski definition) is 0. The zero-order valence-corrected chi connectivity index (χ0v) is 11.6. The molecule has 0 spiro atoms. The summed E-state index contributed by atoms with van der Waals surface area (Å²) in [6, 6.07) is 15.1. The lowest BCUT2D eigenvalue weighted by molar-refractivity contribution is 0.257. The fourth-order valence-electron chi connectivity index (χ4n) is 2.62. The van der Waals surface area contributed by atoms with Gasteiger partial charge in [0.2, 0.25) is 0 Å². The lowest BCUT2D eigenvalue weighted by Crippen LogP contribution is -2.07. The van der Waals surface area contributed by atoms with Gasteiger partial charge in [0.1, 0.15) is 5.75 Å². The Morgan fingerprint density at radius 3 is 2.68 bits per heavy atom. The van der Waals surface area contributed by atoms with Gasteiger partial charge in [0.05, 0.1) is 6.61 Å². The van der Waals surface area contributed by atoms with Crippen molar-refractivity contribution in [2.45, 2.75) is 26.7 Å². The van der Waals surface area contributed by atoms with Crippen molar-refractivity contribution in [3.05, 3.63) is 53.6 Å². The Morgan fingerprint density at radius 1 is 1.05 bits per heavy atom. The van der Waals surface area contributed by atoms with E-state index in [4.69, 9.17) is 4.74 Å². The van der Waals surface area contributed by atoms with Crippen LogP contribution in [0.2, 0.25) is 0 Å². The highest BCUT2D eigenvalue weighted by Crippen LogP contribution is 2.42. The SMILES string of the molecule is CCC(C)COc1cccc2c1-c1ccccc1C2. The van der Waals surface area contributed by atoms with E-state index in [-0.39, 0.29) is 0 Å². The van der Waals surface area contributed by atoms with Gasteiger partial charge in [0, 0.05) is 5.56 Å². The molecule has 1 nitrogen and oxygen atoms in total. The first-order chi connectivity index (χ1) is 9.29. The van der Waals surface area contributed by atoms with Gasteiger partial charge < -0.3 is 4.74 Å². The van der Waals surface area contributed by atoms with Gasteiger partial charge >= 0.3 is 0 Å². The Kier molecular flexibility index (Phi) is 3.29. The predicted molar refractivity (Wildman–Crippen MR) is 79.6 cm³/mol. The summed E-state index contributed by atoms with van der Waals surface area (Å²) in [6.07, 6.45) is 2.19. The molecular weight excluding hydrogens is 232 g/mol. The van der Waals surface area contributed by atoms with Crippen LogP contribution in [0.25, 0.3) is 11.1 Å². The van der Waals surface area contributed by atoms with Crippen LogP contribution < -0.4 is 4.74 Å². The maximum Gasteiger partial charge on any atom is 0.127 e. The third-order valence-electron chi connectivity index (χ3n) is 4.00. The summed E-state index contributed by atoms with van der Waals surface area (Å²) in [4.78, 5) is 0. The topological polar surface area (TPSA) is 9.23 Å². The minimum absolute atomic E-state index is 0.604. The summed E-state index contributed by atoms with van der Waals surface area (Å²) < 4.78 is 6.06. The lowest BCUT2D eigenvalue weighted by atomic mass is 10.0. The van der Waals surface area contributed by atoms with Crippen LogP contribution in [0.3, 0.4) is 0 Å². The van der Waals surface area contributed by atoms with E-state index in [9.17, 15) is 0 Å². The number of hydrogen-bond acceptors (Lipinski definition) is 1. The molecule has 0 saturated carbocycles. The molecule has 0 saturated heterocycles. The molecule has 2 aromatic rings. The van der Waals surface area contributed by atoms with Gasteiger partial charge in [-0.15, -0.1) is 0 Å². The van der Waals surface area contributed by atoms with E-state index in [1.807, 2.05) is 0 Å². The van der Waals surface area contributed by atoms with Crippen LogP contribution in [0.4, 0.5) is 0 Å². The molecule has 0 radical (unpaired) electrons. The first-order valence-electron chi connectivity index (χ1n) is 7.12. The van der Waals surface area contributed by atoms with Crippen molar-refractivity contribution in [1.29, 1.82) is 0 Å². The van der Waals surface area contributed by atoms with Crippen LogP contribution in [0.15, 0.2) is 42.5 Å². The van der Waals surface area contributed by atoms with Crippen LogP contribution in [0, 0.1) is 5.92 Å². The first-order valence-corrected chi connectivity index (χ1v) is 7.12. The molecule has 1 aliphatic rings.